The van der Waals surface area contributed by atoms with Crippen LogP contribution in [0.4, 0.5) is 0 Å². The van der Waals surface area contributed by atoms with Crippen molar-refractivity contribution in [3.05, 3.63) is 95.7 Å². The fraction of sp³-hybridized carbons (Fsp3) is 0.160. The maximum absolute atomic E-state index is 12.9. The molecule has 2 heterocycles. The molecule has 0 saturated heterocycles. The molecule has 0 radical (unpaired) electrons. The molecule has 29 heavy (non-hydrogen) atoms. The quantitative estimate of drug-likeness (QED) is 0.529. The number of aromatic amines is 1. The summed E-state index contributed by atoms with van der Waals surface area (Å²) >= 11 is 0. The van der Waals surface area contributed by atoms with E-state index in [1.54, 1.807) is 0 Å². The highest BCUT2D eigenvalue weighted by molar-refractivity contribution is 5.95. The summed E-state index contributed by atoms with van der Waals surface area (Å²) in [6, 6.07) is 25.5. The van der Waals surface area contributed by atoms with E-state index in [1.165, 1.54) is 11.3 Å². The molecule has 0 aliphatic carbocycles. The average molecular weight is 382 g/mol. The first-order valence-corrected chi connectivity index (χ1v) is 9.99. The third-order valence-electron chi connectivity index (χ3n) is 5.52. The van der Waals surface area contributed by atoms with Crippen molar-refractivity contribution >= 4 is 16.8 Å². The van der Waals surface area contributed by atoms with Crippen molar-refractivity contribution in [1.82, 2.24) is 9.88 Å². The first kappa shape index (κ1) is 17.6. The maximum atomic E-state index is 12.9. The molecule has 144 valence electrons. The average Bonchev–Trinajstić information content (AvgIpc) is 3.00. The zero-order valence-electron chi connectivity index (χ0n) is 16.1. The summed E-state index contributed by atoms with van der Waals surface area (Å²) in [6.07, 6.45) is 1.62. The first-order chi connectivity index (χ1) is 14.3. The Morgan fingerprint density at radius 1 is 0.828 bits per heavy atom. The van der Waals surface area contributed by atoms with Crippen LogP contribution in [0.15, 0.2) is 78.9 Å². The molecular formula is C25H22N2O2. The van der Waals surface area contributed by atoms with Gasteiger partial charge in [-0.05, 0) is 48.4 Å². The van der Waals surface area contributed by atoms with Gasteiger partial charge in [-0.25, -0.2) is 0 Å². The molecule has 0 saturated carbocycles. The number of carbonyl (C=O) groups excluding carboxylic acids is 1. The van der Waals surface area contributed by atoms with E-state index in [-0.39, 0.29) is 5.91 Å². The number of hydrogen-bond donors (Lipinski definition) is 1. The molecule has 0 fully saturated rings. The van der Waals surface area contributed by atoms with Crippen LogP contribution in [0.2, 0.25) is 0 Å². The summed E-state index contributed by atoms with van der Waals surface area (Å²) in [7, 11) is 0. The second-order valence-corrected chi connectivity index (χ2v) is 7.33. The number of aromatic nitrogens is 1. The van der Waals surface area contributed by atoms with E-state index in [1.807, 2.05) is 77.7 Å². The lowest BCUT2D eigenvalue weighted by Gasteiger charge is -2.20. The van der Waals surface area contributed by atoms with Crippen molar-refractivity contribution in [3.8, 4) is 11.5 Å². The van der Waals surface area contributed by atoms with Crippen molar-refractivity contribution in [2.24, 2.45) is 0 Å². The Morgan fingerprint density at radius 3 is 2.34 bits per heavy atom. The van der Waals surface area contributed by atoms with E-state index >= 15 is 0 Å². The molecule has 0 unspecified atom stereocenters. The SMILES string of the molecule is O=C(c1ccccc1)N1CCc2[nH]c3cccc(Oc4ccccc4)c3c2CC1. The minimum atomic E-state index is 0.0980. The summed E-state index contributed by atoms with van der Waals surface area (Å²) in [6.45, 7) is 1.41. The number of hydrogen-bond acceptors (Lipinski definition) is 2. The van der Waals surface area contributed by atoms with Crippen LogP contribution < -0.4 is 4.74 Å². The molecule has 5 rings (SSSR count). The van der Waals surface area contributed by atoms with Gasteiger partial charge in [-0.1, -0.05) is 42.5 Å². The monoisotopic (exact) mass is 382 g/mol. The zero-order valence-corrected chi connectivity index (χ0v) is 16.1. The summed E-state index contributed by atoms with van der Waals surface area (Å²) in [4.78, 5) is 18.4. The van der Waals surface area contributed by atoms with Gasteiger partial charge in [-0.3, -0.25) is 4.79 Å². The van der Waals surface area contributed by atoms with E-state index in [9.17, 15) is 4.79 Å². The maximum Gasteiger partial charge on any atom is 0.253 e. The van der Waals surface area contributed by atoms with Crippen molar-refractivity contribution in [3.63, 3.8) is 0 Å². The van der Waals surface area contributed by atoms with Crippen LogP contribution >= 0.6 is 0 Å². The van der Waals surface area contributed by atoms with Gasteiger partial charge in [0.1, 0.15) is 11.5 Å². The Labute approximate surface area is 169 Å². The summed E-state index contributed by atoms with van der Waals surface area (Å²) < 4.78 is 6.20. The van der Waals surface area contributed by atoms with Gasteiger partial charge in [0.05, 0.1) is 0 Å². The highest BCUT2D eigenvalue weighted by atomic mass is 16.5. The van der Waals surface area contributed by atoms with Gasteiger partial charge in [0.15, 0.2) is 0 Å². The predicted octanol–water partition coefficient (Wildman–Crippen LogP) is 5.20. The molecule has 1 aliphatic heterocycles. The van der Waals surface area contributed by atoms with Gasteiger partial charge < -0.3 is 14.6 Å². The number of carbonyl (C=O) groups is 1. The smallest absolute Gasteiger partial charge is 0.253 e. The van der Waals surface area contributed by atoms with Crippen LogP contribution in [0.5, 0.6) is 11.5 Å². The lowest BCUT2D eigenvalue weighted by Crippen LogP contribution is -2.33. The molecule has 1 aliphatic rings. The highest BCUT2D eigenvalue weighted by Crippen LogP contribution is 2.35. The van der Waals surface area contributed by atoms with E-state index in [4.69, 9.17) is 4.74 Å². The molecule has 3 aromatic carbocycles. The first-order valence-electron chi connectivity index (χ1n) is 9.99. The fourth-order valence-corrected chi connectivity index (χ4v) is 4.10. The zero-order chi connectivity index (χ0) is 19.6. The van der Waals surface area contributed by atoms with Crippen LogP contribution in [-0.4, -0.2) is 28.9 Å². The molecule has 4 heteroatoms. The number of amides is 1. The highest BCUT2D eigenvalue weighted by Gasteiger charge is 2.23. The third-order valence-corrected chi connectivity index (χ3v) is 5.52. The minimum Gasteiger partial charge on any atom is -0.457 e. The van der Waals surface area contributed by atoms with Gasteiger partial charge in [-0.2, -0.15) is 0 Å². The second-order valence-electron chi connectivity index (χ2n) is 7.33. The molecule has 1 amide bonds. The Morgan fingerprint density at radius 2 is 1.55 bits per heavy atom. The summed E-state index contributed by atoms with van der Waals surface area (Å²) in [5.41, 5.74) is 4.30. The van der Waals surface area contributed by atoms with Gasteiger partial charge in [-0.15, -0.1) is 0 Å². The normalized spacial score (nSPS) is 13.7. The topological polar surface area (TPSA) is 45.3 Å². The van der Waals surface area contributed by atoms with E-state index in [2.05, 4.69) is 11.1 Å². The van der Waals surface area contributed by atoms with Crippen LogP contribution in [0.1, 0.15) is 21.6 Å². The fourth-order valence-electron chi connectivity index (χ4n) is 4.10. The number of H-pyrrole nitrogens is 1. The number of fused-ring (bicyclic) bond motifs is 3. The summed E-state index contributed by atoms with van der Waals surface area (Å²) in [5, 5.41) is 1.13. The Balaban J connectivity index is 1.45. The van der Waals surface area contributed by atoms with E-state index in [0.717, 1.165) is 40.8 Å². The van der Waals surface area contributed by atoms with Crippen molar-refractivity contribution in [2.75, 3.05) is 13.1 Å². The second kappa shape index (κ2) is 7.47. The van der Waals surface area contributed by atoms with Gasteiger partial charge in [0.2, 0.25) is 0 Å². The predicted molar refractivity (Wildman–Crippen MR) is 115 cm³/mol. The molecule has 0 atom stereocenters. The van der Waals surface area contributed by atoms with Crippen molar-refractivity contribution < 1.29 is 9.53 Å². The number of benzene rings is 3. The largest absolute Gasteiger partial charge is 0.457 e. The molecule has 1 N–H and O–H groups in total. The van der Waals surface area contributed by atoms with Crippen LogP contribution in [0, 0.1) is 0 Å². The Hall–Kier alpha value is -3.53. The number of nitrogens with zero attached hydrogens (tertiary/aromatic N) is 1. The van der Waals surface area contributed by atoms with Gasteiger partial charge in [0.25, 0.3) is 5.91 Å². The van der Waals surface area contributed by atoms with Crippen LogP contribution in [0.3, 0.4) is 0 Å². The minimum absolute atomic E-state index is 0.0980. The Kier molecular flexibility index (Phi) is 4.53. The standard InChI is InChI=1S/C25H22N2O2/c28-25(18-8-3-1-4-9-18)27-16-14-20-21(15-17-27)26-22-12-7-13-23(24(20)22)29-19-10-5-2-6-11-19/h1-13,26H,14-17H2. The molecule has 4 aromatic rings. The molecular weight excluding hydrogens is 360 g/mol. The number of nitrogens with one attached hydrogen (secondary N) is 1. The molecule has 0 bridgehead atoms. The lowest BCUT2D eigenvalue weighted by molar-refractivity contribution is 0.0763. The van der Waals surface area contributed by atoms with E-state index in [0.29, 0.717) is 13.1 Å². The molecule has 1 aromatic heterocycles. The van der Waals surface area contributed by atoms with E-state index < -0.39 is 0 Å². The number of ether oxygens (including phenoxy) is 1. The van der Waals surface area contributed by atoms with Crippen LogP contribution in [0.25, 0.3) is 10.9 Å². The number of rotatable bonds is 3. The Bertz CT molecular complexity index is 1150. The lowest BCUT2D eigenvalue weighted by atomic mass is 10.1. The third kappa shape index (κ3) is 3.38. The van der Waals surface area contributed by atoms with Gasteiger partial charge >= 0.3 is 0 Å². The van der Waals surface area contributed by atoms with Gasteiger partial charge in [0, 0.05) is 41.7 Å². The molecule has 0 spiro atoms. The molecule has 4 nitrogen and oxygen atoms in total. The van der Waals surface area contributed by atoms with Crippen LogP contribution in [-0.2, 0) is 12.8 Å². The van der Waals surface area contributed by atoms with Crippen molar-refractivity contribution in [2.45, 2.75) is 12.8 Å². The number of para-hydroxylation sites is 1. The van der Waals surface area contributed by atoms with Crippen molar-refractivity contribution in [1.29, 1.82) is 0 Å². The summed E-state index contributed by atoms with van der Waals surface area (Å²) in [5.74, 6) is 1.78.